The summed E-state index contributed by atoms with van der Waals surface area (Å²) in [5, 5.41) is 0. The molecular weight excluding hydrogens is 320 g/mol. The van der Waals surface area contributed by atoms with Crippen molar-refractivity contribution in [2.75, 3.05) is 18.1 Å². The number of nitrogens with zero attached hydrogens (tertiary/aromatic N) is 2. The van der Waals surface area contributed by atoms with E-state index in [0.717, 1.165) is 23.5 Å². The fourth-order valence-corrected chi connectivity index (χ4v) is 3.81. The minimum Gasteiger partial charge on any atom is -0.473 e. The normalized spacial score (nSPS) is 16.8. The molecule has 0 aliphatic carbocycles. The number of pyridine rings is 1. The SMILES string of the molecule is CCN(Cc1ccccc1)C(=O)c1cccnc1OC1CCSC1. The molecule has 126 valence electrons. The molecule has 0 bridgehead atoms. The van der Waals surface area contributed by atoms with E-state index in [2.05, 4.69) is 4.98 Å². The van der Waals surface area contributed by atoms with E-state index in [-0.39, 0.29) is 12.0 Å². The van der Waals surface area contributed by atoms with Crippen LogP contribution in [0.3, 0.4) is 0 Å². The fraction of sp³-hybridized carbons (Fsp3) is 0.368. The maximum Gasteiger partial charge on any atom is 0.259 e. The Bertz CT molecular complexity index is 672. The number of carbonyl (C=O) groups excluding carboxylic acids is 1. The molecule has 2 heterocycles. The van der Waals surface area contributed by atoms with E-state index >= 15 is 0 Å². The number of aromatic nitrogens is 1. The van der Waals surface area contributed by atoms with Crippen LogP contribution in [0.5, 0.6) is 5.88 Å². The second-order valence-corrected chi connectivity index (χ2v) is 6.91. The molecule has 2 aromatic rings. The van der Waals surface area contributed by atoms with E-state index in [1.807, 2.05) is 53.9 Å². The Morgan fingerprint density at radius 2 is 2.12 bits per heavy atom. The summed E-state index contributed by atoms with van der Waals surface area (Å²) >= 11 is 1.88. The molecule has 1 saturated heterocycles. The van der Waals surface area contributed by atoms with Gasteiger partial charge in [0.1, 0.15) is 11.7 Å². The first-order chi connectivity index (χ1) is 11.8. The number of amides is 1. The first-order valence-corrected chi connectivity index (χ1v) is 9.46. The van der Waals surface area contributed by atoms with Gasteiger partial charge >= 0.3 is 0 Å². The topological polar surface area (TPSA) is 42.4 Å². The smallest absolute Gasteiger partial charge is 0.259 e. The van der Waals surface area contributed by atoms with E-state index in [1.54, 1.807) is 18.3 Å². The van der Waals surface area contributed by atoms with E-state index in [0.29, 0.717) is 24.5 Å². The zero-order valence-corrected chi connectivity index (χ0v) is 14.7. The number of benzene rings is 1. The Hall–Kier alpha value is -2.01. The van der Waals surface area contributed by atoms with Crippen LogP contribution in [-0.4, -0.2) is 39.9 Å². The minimum atomic E-state index is -0.0323. The van der Waals surface area contributed by atoms with Crippen LogP contribution < -0.4 is 4.74 Å². The van der Waals surface area contributed by atoms with Crippen LogP contribution in [-0.2, 0) is 6.54 Å². The van der Waals surface area contributed by atoms with E-state index in [4.69, 9.17) is 4.74 Å². The Labute approximate surface area is 147 Å². The third-order valence-corrected chi connectivity index (χ3v) is 5.18. The van der Waals surface area contributed by atoms with Gasteiger partial charge in [0.15, 0.2) is 0 Å². The summed E-state index contributed by atoms with van der Waals surface area (Å²) < 4.78 is 5.99. The van der Waals surface area contributed by atoms with E-state index < -0.39 is 0 Å². The lowest BCUT2D eigenvalue weighted by Gasteiger charge is -2.22. The highest BCUT2D eigenvalue weighted by molar-refractivity contribution is 7.99. The molecule has 0 N–H and O–H groups in total. The number of carbonyl (C=O) groups is 1. The summed E-state index contributed by atoms with van der Waals surface area (Å²) in [6, 6.07) is 13.6. The van der Waals surface area contributed by atoms with Gasteiger partial charge in [-0.1, -0.05) is 30.3 Å². The molecule has 1 fully saturated rings. The highest BCUT2D eigenvalue weighted by atomic mass is 32.2. The van der Waals surface area contributed by atoms with Gasteiger partial charge in [-0.25, -0.2) is 4.98 Å². The molecule has 0 radical (unpaired) electrons. The summed E-state index contributed by atoms with van der Waals surface area (Å²) in [4.78, 5) is 19.1. The summed E-state index contributed by atoms with van der Waals surface area (Å²) in [6.45, 7) is 3.22. The van der Waals surface area contributed by atoms with Gasteiger partial charge in [0.25, 0.3) is 5.91 Å². The van der Waals surface area contributed by atoms with Crippen molar-refractivity contribution in [2.24, 2.45) is 0 Å². The number of rotatable bonds is 6. The summed E-state index contributed by atoms with van der Waals surface area (Å²) in [5.41, 5.74) is 1.67. The Balaban J connectivity index is 1.77. The molecule has 0 saturated carbocycles. The molecule has 1 aromatic heterocycles. The van der Waals surface area contributed by atoms with Gasteiger partial charge in [0.05, 0.1) is 0 Å². The van der Waals surface area contributed by atoms with Gasteiger partial charge in [0, 0.05) is 25.0 Å². The molecule has 24 heavy (non-hydrogen) atoms. The lowest BCUT2D eigenvalue weighted by atomic mass is 10.2. The monoisotopic (exact) mass is 342 g/mol. The number of ether oxygens (including phenoxy) is 1. The molecule has 1 aliphatic rings. The first-order valence-electron chi connectivity index (χ1n) is 8.30. The molecule has 1 aliphatic heterocycles. The second-order valence-electron chi connectivity index (χ2n) is 5.76. The molecule has 1 amide bonds. The lowest BCUT2D eigenvalue weighted by molar-refractivity contribution is 0.0744. The van der Waals surface area contributed by atoms with Crippen LogP contribution in [0.2, 0.25) is 0 Å². The highest BCUT2D eigenvalue weighted by Gasteiger charge is 2.23. The third kappa shape index (κ3) is 4.09. The van der Waals surface area contributed by atoms with Crippen molar-refractivity contribution < 1.29 is 9.53 Å². The number of thioether (sulfide) groups is 1. The zero-order valence-electron chi connectivity index (χ0n) is 13.9. The van der Waals surface area contributed by atoms with Crippen molar-refractivity contribution in [3.63, 3.8) is 0 Å². The van der Waals surface area contributed by atoms with Crippen molar-refractivity contribution in [3.8, 4) is 5.88 Å². The summed E-state index contributed by atoms with van der Waals surface area (Å²) in [6.07, 6.45) is 2.85. The van der Waals surface area contributed by atoms with Crippen LogP contribution in [0.4, 0.5) is 0 Å². The average molecular weight is 342 g/mol. The van der Waals surface area contributed by atoms with Crippen molar-refractivity contribution in [1.29, 1.82) is 0 Å². The number of hydrogen-bond acceptors (Lipinski definition) is 4. The van der Waals surface area contributed by atoms with Crippen LogP contribution in [0.25, 0.3) is 0 Å². The highest BCUT2D eigenvalue weighted by Crippen LogP contribution is 2.25. The van der Waals surface area contributed by atoms with Crippen molar-refractivity contribution in [2.45, 2.75) is 26.0 Å². The molecule has 4 nitrogen and oxygen atoms in total. The molecule has 5 heteroatoms. The third-order valence-electron chi connectivity index (χ3n) is 4.05. The van der Waals surface area contributed by atoms with E-state index in [1.165, 1.54) is 0 Å². The molecule has 1 aromatic carbocycles. The lowest BCUT2D eigenvalue weighted by Crippen LogP contribution is -2.31. The van der Waals surface area contributed by atoms with Crippen molar-refractivity contribution >= 4 is 17.7 Å². The quantitative estimate of drug-likeness (QED) is 0.804. The maximum absolute atomic E-state index is 13.0. The average Bonchev–Trinajstić information content (AvgIpc) is 3.13. The summed E-state index contributed by atoms with van der Waals surface area (Å²) in [5.74, 6) is 2.50. The zero-order chi connectivity index (χ0) is 16.8. The number of hydrogen-bond donors (Lipinski definition) is 0. The standard InChI is InChI=1S/C19H22N2O2S/c1-2-21(13-15-7-4-3-5-8-15)19(22)17-9-6-11-20-18(17)23-16-10-12-24-14-16/h3-9,11,16H,2,10,12-14H2,1H3. The predicted molar refractivity (Wildman–Crippen MR) is 97.5 cm³/mol. The maximum atomic E-state index is 13.0. The van der Waals surface area contributed by atoms with Gasteiger partial charge in [-0.05, 0) is 36.8 Å². The van der Waals surface area contributed by atoms with Crippen LogP contribution in [0.15, 0.2) is 48.7 Å². The van der Waals surface area contributed by atoms with Crippen molar-refractivity contribution in [1.82, 2.24) is 9.88 Å². The van der Waals surface area contributed by atoms with Crippen LogP contribution in [0, 0.1) is 0 Å². The Morgan fingerprint density at radius 1 is 1.29 bits per heavy atom. The van der Waals surface area contributed by atoms with Gasteiger partial charge in [-0.15, -0.1) is 0 Å². The molecule has 1 atom stereocenters. The summed E-state index contributed by atoms with van der Waals surface area (Å²) in [7, 11) is 0. The Morgan fingerprint density at radius 3 is 2.83 bits per heavy atom. The van der Waals surface area contributed by atoms with Gasteiger partial charge in [-0.3, -0.25) is 4.79 Å². The van der Waals surface area contributed by atoms with Gasteiger partial charge in [0.2, 0.25) is 5.88 Å². The minimum absolute atomic E-state index is 0.0323. The van der Waals surface area contributed by atoms with E-state index in [9.17, 15) is 4.79 Å². The Kier molecular flexibility index (Phi) is 5.75. The predicted octanol–water partition coefficient (Wildman–Crippen LogP) is 3.63. The molecule has 0 spiro atoms. The molecular formula is C19H22N2O2S. The van der Waals surface area contributed by atoms with Crippen LogP contribution >= 0.6 is 11.8 Å². The van der Waals surface area contributed by atoms with Crippen LogP contribution in [0.1, 0.15) is 29.3 Å². The largest absolute Gasteiger partial charge is 0.473 e. The molecule has 1 unspecified atom stereocenters. The molecule has 3 rings (SSSR count). The fourth-order valence-electron chi connectivity index (χ4n) is 2.71. The van der Waals surface area contributed by atoms with Crippen molar-refractivity contribution in [3.05, 3.63) is 59.8 Å². The van der Waals surface area contributed by atoms with Gasteiger partial charge < -0.3 is 9.64 Å². The second kappa shape index (κ2) is 8.20. The van der Waals surface area contributed by atoms with Gasteiger partial charge in [-0.2, -0.15) is 11.8 Å². The first kappa shape index (κ1) is 16.8.